The molecule has 1 aliphatic heterocycles. The van der Waals surface area contributed by atoms with Crippen LogP contribution in [0.5, 0.6) is 0 Å². The molecule has 0 amide bonds. The first-order valence-electron chi connectivity index (χ1n) is 5.72. The summed E-state index contributed by atoms with van der Waals surface area (Å²) in [4.78, 5) is 0. The lowest BCUT2D eigenvalue weighted by molar-refractivity contribution is 0.408. The molecule has 1 heterocycles. The van der Waals surface area contributed by atoms with Crippen LogP contribution in [0.2, 0.25) is 0 Å². The van der Waals surface area contributed by atoms with Gasteiger partial charge >= 0.3 is 0 Å². The summed E-state index contributed by atoms with van der Waals surface area (Å²) in [6.07, 6.45) is 0. The van der Waals surface area contributed by atoms with Crippen molar-refractivity contribution >= 4 is 15.7 Å². The first-order chi connectivity index (χ1) is 7.90. The maximum absolute atomic E-state index is 11.9. The molecule has 0 aliphatic carbocycles. The number of rotatable bonds is 2. The van der Waals surface area contributed by atoms with Crippen LogP contribution in [0.1, 0.15) is 18.1 Å². The van der Waals surface area contributed by atoms with Crippen molar-refractivity contribution in [3.63, 3.8) is 0 Å². The fraction of sp³-hybridized carbons (Fsp3) is 0.500. The van der Waals surface area contributed by atoms with Crippen molar-refractivity contribution < 1.29 is 8.42 Å². The first kappa shape index (κ1) is 12.4. The summed E-state index contributed by atoms with van der Waals surface area (Å²) in [5.74, 6) is 0.468. The van der Waals surface area contributed by atoms with Gasteiger partial charge in [-0.1, -0.05) is 19.1 Å². The predicted octanol–water partition coefficient (Wildman–Crippen LogP) is 1.36. The van der Waals surface area contributed by atoms with Gasteiger partial charge in [-0.3, -0.25) is 0 Å². The molecule has 0 spiro atoms. The molecule has 0 saturated carbocycles. The molecule has 1 fully saturated rings. The summed E-state index contributed by atoms with van der Waals surface area (Å²) in [7, 11) is -3.07. The molecule has 4 nitrogen and oxygen atoms in total. The first-order valence-corrected chi connectivity index (χ1v) is 7.33. The summed E-state index contributed by atoms with van der Waals surface area (Å²) in [5.41, 5.74) is 8.50. The maximum atomic E-state index is 11.9. The van der Waals surface area contributed by atoms with E-state index < -0.39 is 10.0 Å². The Kier molecular flexibility index (Phi) is 3.14. The van der Waals surface area contributed by atoms with Crippen molar-refractivity contribution in [3.8, 4) is 0 Å². The molecular formula is C12H18N2O2S. The van der Waals surface area contributed by atoms with E-state index in [2.05, 4.69) is 0 Å². The van der Waals surface area contributed by atoms with E-state index in [1.807, 2.05) is 32.0 Å². The Balaban J connectivity index is 2.25. The fourth-order valence-electron chi connectivity index (χ4n) is 2.21. The monoisotopic (exact) mass is 254 g/mol. The minimum atomic E-state index is -3.07. The SMILES string of the molecule is Cc1c(N)cccc1CN1CC(C)CS1(=O)=O. The number of hydrogen-bond donors (Lipinski definition) is 1. The third-order valence-electron chi connectivity index (χ3n) is 3.24. The van der Waals surface area contributed by atoms with Gasteiger partial charge < -0.3 is 5.73 Å². The zero-order valence-corrected chi connectivity index (χ0v) is 11.0. The van der Waals surface area contributed by atoms with Gasteiger partial charge in [0.05, 0.1) is 5.75 Å². The zero-order chi connectivity index (χ0) is 12.6. The Morgan fingerprint density at radius 2 is 2.18 bits per heavy atom. The summed E-state index contributed by atoms with van der Waals surface area (Å²) < 4.78 is 25.3. The Morgan fingerprint density at radius 3 is 2.76 bits per heavy atom. The van der Waals surface area contributed by atoms with E-state index in [1.165, 1.54) is 0 Å². The molecule has 0 bridgehead atoms. The highest BCUT2D eigenvalue weighted by Crippen LogP contribution is 2.24. The number of anilines is 1. The predicted molar refractivity (Wildman–Crippen MR) is 69.0 cm³/mol. The van der Waals surface area contributed by atoms with E-state index in [-0.39, 0.29) is 11.7 Å². The second-order valence-electron chi connectivity index (χ2n) is 4.81. The summed E-state index contributed by atoms with van der Waals surface area (Å²) in [5, 5.41) is 0. The van der Waals surface area contributed by atoms with Gasteiger partial charge in [0.15, 0.2) is 0 Å². The third-order valence-corrected chi connectivity index (χ3v) is 5.29. The van der Waals surface area contributed by atoms with Crippen molar-refractivity contribution in [1.29, 1.82) is 0 Å². The van der Waals surface area contributed by atoms with Gasteiger partial charge in [0, 0.05) is 18.8 Å². The number of sulfonamides is 1. The molecule has 1 aliphatic rings. The largest absolute Gasteiger partial charge is 0.399 e. The molecule has 1 aromatic rings. The van der Waals surface area contributed by atoms with Crippen LogP contribution in [0.4, 0.5) is 5.69 Å². The molecule has 17 heavy (non-hydrogen) atoms. The molecule has 1 unspecified atom stereocenters. The number of nitrogen functional groups attached to an aromatic ring is 1. The van der Waals surface area contributed by atoms with Gasteiger partial charge in [-0.2, -0.15) is 4.31 Å². The van der Waals surface area contributed by atoms with E-state index in [1.54, 1.807) is 4.31 Å². The van der Waals surface area contributed by atoms with Crippen LogP contribution in [0.25, 0.3) is 0 Å². The second kappa shape index (κ2) is 4.31. The van der Waals surface area contributed by atoms with Crippen LogP contribution < -0.4 is 5.73 Å². The molecule has 1 aromatic carbocycles. The van der Waals surface area contributed by atoms with Crippen LogP contribution in [0.3, 0.4) is 0 Å². The Bertz CT molecular complexity index is 525. The molecule has 2 N–H and O–H groups in total. The van der Waals surface area contributed by atoms with Crippen molar-refractivity contribution in [1.82, 2.24) is 4.31 Å². The van der Waals surface area contributed by atoms with Gasteiger partial charge in [0.2, 0.25) is 10.0 Å². The molecular weight excluding hydrogens is 236 g/mol. The minimum Gasteiger partial charge on any atom is -0.399 e. The summed E-state index contributed by atoms with van der Waals surface area (Å²) >= 11 is 0. The topological polar surface area (TPSA) is 63.4 Å². The third kappa shape index (κ3) is 2.45. The van der Waals surface area contributed by atoms with Crippen LogP contribution >= 0.6 is 0 Å². The lowest BCUT2D eigenvalue weighted by Gasteiger charge is -2.16. The lowest BCUT2D eigenvalue weighted by atomic mass is 10.1. The standard InChI is InChI=1S/C12H18N2O2S/c1-9-6-14(17(15,16)8-9)7-11-4-3-5-12(13)10(11)2/h3-5,9H,6-8,13H2,1-2H3. The Hall–Kier alpha value is -1.07. The van der Waals surface area contributed by atoms with E-state index in [9.17, 15) is 8.42 Å². The number of nitrogens with two attached hydrogens (primary N) is 1. The van der Waals surface area contributed by atoms with Crippen LogP contribution in [0, 0.1) is 12.8 Å². The second-order valence-corrected chi connectivity index (χ2v) is 6.82. The van der Waals surface area contributed by atoms with Gasteiger partial charge in [0.1, 0.15) is 0 Å². The van der Waals surface area contributed by atoms with Crippen LogP contribution in [-0.4, -0.2) is 25.0 Å². The fourth-order valence-corrected chi connectivity index (χ4v) is 4.06. The molecule has 0 radical (unpaired) electrons. The molecule has 94 valence electrons. The van der Waals surface area contributed by atoms with Crippen molar-refractivity contribution in [2.45, 2.75) is 20.4 Å². The van der Waals surface area contributed by atoms with Gasteiger partial charge in [0.25, 0.3) is 0 Å². The van der Waals surface area contributed by atoms with E-state index >= 15 is 0 Å². The van der Waals surface area contributed by atoms with Gasteiger partial charge in [-0.25, -0.2) is 8.42 Å². The average Bonchev–Trinajstić information content (AvgIpc) is 2.47. The normalized spacial score (nSPS) is 24.0. The molecule has 1 saturated heterocycles. The lowest BCUT2D eigenvalue weighted by Crippen LogP contribution is -2.25. The van der Waals surface area contributed by atoms with Crippen molar-refractivity contribution in [2.24, 2.45) is 5.92 Å². The number of benzene rings is 1. The van der Waals surface area contributed by atoms with Crippen LogP contribution in [0.15, 0.2) is 18.2 Å². The summed E-state index contributed by atoms with van der Waals surface area (Å²) in [6.45, 7) is 4.93. The minimum absolute atomic E-state index is 0.210. The quantitative estimate of drug-likeness (QED) is 0.810. The smallest absolute Gasteiger partial charge is 0.214 e. The molecule has 1 atom stereocenters. The van der Waals surface area contributed by atoms with Crippen molar-refractivity contribution in [2.75, 3.05) is 18.0 Å². The number of hydrogen-bond acceptors (Lipinski definition) is 3. The highest BCUT2D eigenvalue weighted by Gasteiger charge is 2.33. The highest BCUT2D eigenvalue weighted by atomic mass is 32.2. The van der Waals surface area contributed by atoms with Gasteiger partial charge in [-0.05, 0) is 30.0 Å². The van der Waals surface area contributed by atoms with E-state index in [0.717, 1.165) is 11.1 Å². The van der Waals surface area contributed by atoms with Gasteiger partial charge in [-0.15, -0.1) is 0 Å². The Morgan fingerprint density at radius 1 is 1.47 bits per heavy atom. The van der Waals surface area contributed by atoms with E-state index in [0.29, 0.717) is 18.8 Å². The van der Waals surface area contributed by atoms with Crippen LogP contribution in [-0.2, 0) is 16.6 Å². The highest BCUT2D eigenvalue weighted by molar-refractivity contribution is 7.89. The zero-order valence-electron chi connectivity index (χ0n) is 10.2. The molecule has 2 rings (SSSR count). The van der Waals surface area contributed by atoms with E-state index in [4.69, 9.17) is 5.73 Å². The molecule has 5 heteroatoms. The molecule has 0 aromatic heterocycles. The summed E-state index contributed by atoms with van der Waals surface area (Å²) in [6, 6.07) is 5.63. The maximum Gasteiger partial charge on any atom is 0.214 e. The van der Waals surface area contributed by atoms with Crippen molar-refractivity contribution in [3.05, 3.63) is 29.3 Å². The Labute approximate surface area is 102 Å². The number of nitrogens with zero attached hydrogens (tertiary/aromatic N) is 1. The average molecular weight is 254 g/mol.